The van der Waals surface area contributed by atoms with Crippen LogP contribution in [0, 0.1) is 0 Å². The van der Waals surface area contributed by atoms with E-state index >= 15 is 0 Å². The fraction of sp³-hybridized carbons (Fsp3) is 0.440. The molecule has 0 aliphatic carbocycles. The molecule has 1 fully saturated rings. The molecule has 158 valence electrons. The highest BCUT2D eigenvalue weighted by Gasteiger charge is 2.29. The maximum absolute atomic E-state index is 13.0. The summed E-state index contributed by atoms with van der Waals surface area (Å²) >= 11 is 0. The fourth-order valence-corrected chi connectivity index (χ4v) is 4.73. The molecule has 0 aromatic heterocycles. The van der Waals surface area contributed by atoms with Crippen LogP contribution in [-0.2, 0) is 11.2 Å². The smallest absolute Gasteiger partial charge is 0.260 e. The Hall–Kier alpha value is -2.82. The second-order valence-corrected chi connectivity index (χ2v) is 8.43. The first kappa shape index (κ1) is 20.5. The standard InChI is InChI=1S/C25H30N2O3/c1-18-7-5-8-19(2)27(18)24(28)17-30-22-14-12-21(13-15-22)25(29)26-16-6-10-20-9-3-4-11-23(20)26/h3-4,9,11-15,18-19H,5-8,10,16-17H2,1-2H3. The average Bonchev–Trinajstić information content (AvgIpc) is 2.77. The highest BCUT2D eigenvalue weighted by Crippen LogP contribution is 2.28. The highest BCUT2D eigenvalue weighted by atomic mass is 16.5. The van der Waals surface area contributed by atoms with Gasteiger partial charge in [0.25, 0.3) is 11.8 Å². The number of rotatable bonds is 4. The molecule has 2 unspecified atom stereocenters. The van der Waals surface area contributed by atoms with E-state index in [9.17, 15) is 9.59 Å². The van der Waals surface area contributed by atoms with E-state index in [1.807, 2.05) is 28.0 Å². The number of likely N-dealkylation sites (tertiary alicyclic amines) is 1. The van der Waals surface area contributed by atoms with Crippen LogP contribution in [0.25, 0.3) is 0 Å². The molecular weight excluding hydrogens is 376 g/mol. The number of ether oxygens (including phenoxy) is 1. The SMILES string of the molecule is CC1CCCC(C)N1C(=O)COc1ccc(C(=O)N2CCCc3ccccc32)cc1. The molecule has 0 saturated carbocycles. The van der Waals surface area contributed by atoms with E-state index in [2.05, 4.69) is 19.9 Å². The summed E-state index contributed by atoms with van der Waals surface area (Å²) in [4.78, 5) is 29.5. The Morgan fingerprint density at radius 3 is 2.40 bits per heavy atom. The van der Waals surface area contributed by atoms with Crippen LogP contribution in [0.1, 0.15) is 55.5 Å². The third-order valence-corrected chi connectivity index (χ3v) is 6.30. The fourth-order valence-electron chi connectivity index (χ4n) is 4.73. The number of amides is 2. The Morgan fingerprint density at radius 2 is 1.67 bits per heavy atom. The number of carbonyl (C=O) groups is 2. The maximum atomic E-state index is 13.0. The third kappa shape index (κ3) is 4.20. The average molecular weight is 407 g/mol. The molecule has 1 saturated heterocycles. The normalized spacial score (nSPS) is 21.1. The Kier molecular flexibility index (Phi) is 6.07. The maximum Gasteiger partial charge on any atom is 0.260 e. The Bertz CT molecular complexity index is 899. The van der Waals surface area contributed by atoms with Crippen LogP contribution < -0.4 is 9.64 Å². The number of carbonyl (C=O) groups excluding carboxylic acids is 2. The van der Waals surface area contributed by atoms with Gasteiger partial charge in [0.1, 0.15) is 5.75 Å². The lowest BCUT2D eigenvalue weighted by Crippen LogP contribution is -2.49. The lowest BCUT2D eigenvalue weighted by molar-refractivity contribution is -0.139. The first-order valence-corrected chi connectivity index (χ1v) is 11.0. The van der Waals surface area contributed by atoms with Crippen LogP contribution in [0.3, 0.4) is 0 Å². The van der Waals surface area contributed by atoms with Crippen molar-refractivity contribution in [3.05, 3.63) is 59.7 Å². The number of para-hydroxylation sites is 1. The van der Waals surface area contributed by atoms with Crippen molar-refractivity contribution >= 4 is 17.5 Å². The Labute approximate surface area is 178 Å². The van der Waals surface area contributed by atoms with Crippen LogP contribution in [0.5, 0.6) is 5.75 Å². The van der Waals surface area contributed by atoms with Crippen LogP contribution in [0.2, 0.25) is 0 Å². The summed E-state index contributed by atoms with van der Waals surface area (Å²) in [7, 11) is 0. The summed E-state index contributed by atoms with van der Waals surface area (Å²) in [6, 6.07) is 15.7. The van der Waals surface area contributed by atoms with Crippen molar-refractivity contribution in [2.24, 2.45) is 0 Å². The van der Waals surface area contributed by atoms with Gasteiger partial charge in [0.05, 0.1) is 0 Å². The zero-order valence-corrected chi connectivity index (χ0v) is 17.8. The molecule has 0 bridgehead atoms. The molecule has 0 radical (unpaired) electrons. The molecule has 2 aromatic rings. The van der Waals surface area contributed by atoms with Gasteiger partial charge >= 0.3 is 0 Å². The Balaban J connectivity index is 1.39. The van der Waals surface area contributed by atoms with Crippen LogP contribution in [0.4, 0.5) is 5.69 Å². The van der Waals surface area contributed by atoms with Gasteiger partial charge in [0.2, 0.25) is 0 Å². The number of piperidine rings is 1. The predicted octanol–water partition coefficient (Wildman–Crippen LogP) is 4.45. The number of nitrogens with zero attached hydrogens (tertiary/aromatic N) is 2. The van der Waals surface area contributed by atoms with Gasteiger partial charge in [-0.25, -0.2) is 0 Å². The number of aryl methyl sites for hydroxylation is 1. The molecule has 2 heterocycles. The summed E-state index contributed by atoms with van der Waals surface area (Å²) in [6.07, 6.45) is 5.25. The summed E-state index contributed by atoms with van der Waals surface area (Å²) in [5, 5.41) is 0. The topological polar surface area (TPSA) is 49.9 Å². The second-order valence-electron chi connectivity index (χ2n) is 8.43. The molecule has 2 aromatic carbocycles. The van der Waals surface area contributed by atoms with E-state index in [1.165, 1.54) is 12.0 Å². The largest absolute Gasteiger partial charge is 0.484 e. The van der Waals surface area contributed by atoms with Gasteiger partial charge in [-0.2, -0.15) is 0 Å². The van der Waals surface area contributed by atoms with Gasteiger partial charge in [-0.3, -0.25) is 9.59 Å². The molecule has 5 nitrogen and oxygen atoms in total. The van der Waals surface area contributed by atoms with E-state index in [-0.39, 0.29) is 30.5 Å². The second kappa shape index (κ2) is 8.90. The summed E-state index contributed by atoms with van der Waals surface area (Å²) in [6.45, 7) is 4.97. The van der Waals surface area contributed by atoms with Gasteiger partial charge < -0.3 is 14.5 Å². The van der Waals surface area contributed by atoms with Crippen molar-refractivity contribution in [3.63, 3.8) is 0 Å². The third-order valence-electron chi connectivity index (χ3n) is 6.30. The molecular formula is C25H30N2O3. The molecule has 0 N–H and O–H groups in total. The molecule has 4 rings (SSSR count). The van der Waals surface area contributed by atoms with Crippen molar-refractivity contribution in [2.75, 3.05) is 18.1 Å². The number of hydrogen-bond donors (Lipinski definition) is 0. The molecule has 2 aliphatic rings. The van der Waals surface area contributed by atoms with Crippen molar-refractivity contribution in [1.82, 2.24) is 4.90 Å². The summed E-state index contributed by atoms with van der Waals surface area (Å²) in [5.74, 6) is 0.636. The van der Waals surface area contributed by atoms with Crippen molar-refractivity contribution in [1.29, 1.82) is 0 Å². The summed E-state index contributed by atoms with van der Waals surface area (Å²) < 4.78 is 5.74. The minimum atomic E-state index is 0.000688. The van der Waals surface area contributed by atoms with E-state index in [1.54, 1.807) is 24.3 Å². The van der Waals surface area contributed by atoms with E-state index in [4.69, 9.17) is 4.74 Å². The highest BCUT2D eigenvalue weighted by molar-refractivity contribution is 6.06. The first-order chi connectivity index (χ1) is 14.5. The van der Waals surface area contributed by atoms with Crippen LogP contribution >= 0.6 is 0 Å². The summed E-state index contributed by atoms with van der Waals surface area (Å²) in [5.41, 5.74) is 2.85. The minimum Gasteiger partial charge on any atom is -0.484 e. The van der Waals surface area contributed by atoms with Crippen LogP contribution in [-0.4, -0.2) is 41.9 Å². The number of hydrogen-bond acceptors (Lipinski definition) is 3. The molecule has 2 atom stereocenters. The lowest BCUT2D eigenvalue weighted by Gasteiger charge is -2.38. The van der Waals surface area contributed by atoms with Crippen molar-refractivity contribution in [2.45, 2.75) is 58.0 Å². The molecule has 5 heteroatoms. The molecule has 30 heavy (non-hydrogen) atoms. The van der Waals surface area contributed by atoms with Gasteiger partial charge in [0, 0.05) is 29.9 Å². The number of anilines is 1. The van der Waals surface area contributed by atoms with Gasteiger partial charge in [0.15, 0.2) is 6.61 Å². The van der Waals surface area contributed by atoms with Crippen molar-refractivity contribution < 1.29 is 14.3 Å². The molecule has 0 spiro atoms. The van der Waals surface area contributed by atoms with Gasteiger partial charge in [-0.15, -0.1) is 0 Å². The molecule has 2 amide bonds. The quantitative estimate of drug-likeness (QED) is 0.754. The number of benzene rings is 2. The molecule has 2 aliphatic heterocycles. The van der Waals surface area contributed by atoms with Crippen LogP contribution in [0.15, 0.2) is 48.5 Å². The Morgan fingerprint density at radius 1 is 0.967 bits per heavy atom. The minimum absolute atomic E-state index is 0.000688. The zero-order valence-electron chi connectivity index (χ0n) is 17.8. The lowest BCUT2D eigenvalue weighted by atomic mass is 9.97. The zero-order chi connectivity index (χ0) is 21.1. The number of fused-ring (bicyclic) bond motifs is 1. The van der Waals surface area contributed by atoms with Gasteiger partial charge in [-0.1, -0.05) is 18.2 Å². The van der Waals surface area contributed by atoms with E-state index < -0.39 is 0 Å². The predicted molar refractivity (Wildman–Crippen MR) is 118 cm³/mol. The van der Waals surface area contributed by atoms with E-state index in [0.29, 0.717) is 11.3 Å². The van der Waals surface area contributed by atoms with Crippen molar-refractivity contribution in [3.8, 4) is 5.75 Å². The first-order valence-electron chi connectivity index (χ1n) is 11.0. The van der Waals surface area contributed by atoms with Gasteiger partial charge in [-0.05, 0) is 81.8 Å². The monoisotopic (exact) mass is 406 g/mol. The van der Waals surface area contributed by atoms with E-state index in [0.717, 1.165) is 37.9 Å².